The second-order valence-corrected chi connectivity index (χ2v) is 8.10. The first-order valence-electron chi connectivity index (χ1n) is 9.65. The van der Waals surface area contributed by atoms with Crippen molar-refractivity contribution < 1.29 is 23.9 Å². The van der Waals surface area contributed by atoms with E-state index in [0.29, 0.717) is 43.5 Å². The Kier molecular flexibility index (Phi) is 7.03. The number of ether oxygens (including phenoxy) is 2. The van der Waals surface area contributed by atoms with Crippen molar-refractivity contribution in [2.75, 3.05) is 58.4 Å². The highest BCUT2D eigenvalue weighted by Crippen LogP contribution is 2.39. The Bertz CT molecular complexity index is 742. The Balaban J connectivity index is 1.58. The highest BCUT2D eigenvalue weighted by atomic mass is 32.1. The molecule has 1 fully saturated rings. The van der Waals surface area contributed by atoms with E-state index in [0.717, 1.165) is 29.7 Å². The predicted molar refractivity (Wildman–Crippen MR) is 106 cm³/mol. The van der Waals surface area contributed by atoms with Crippen LogP contribution in [-0.4, -0.2) is 80.6 Å². The summed E-state index contributed by atoms with van der Waals surface area (Å²) in [6.07, 6.45) is 2.79. The van der Waals surface area contributed by atoms with E-state index in [1.165, 1.54) is 11.3 Å². The lowest BCUT2D eigenvalue weighted by Crippen LogP contribution is -2.46. The maximum Gasteiger partial charge on any atom is 0.341 e. The number of esters is 1. The summed E-state index contributed by atoms with van der Waals surface area (Å²) < 4.78 is 10.4. The quantitative estimate of drug-likeness (QED) is 0.680. The topological polar surface area (TPSA) is 88.2 Å². The maximum absolute atomic E-state index is 12.5. The Morgan fingerprint density at radius 1 is 1.21 bits per heavy atom. The van der Waals surface area contributed by atoms with Crippen molar-refractivity contribution in [1.29, 1.82) is 0 Å². The molecule has 3 rings (SSSR count). The molecule has 9 heteroatoms. The third-order valence-electron chi connectivity index (χ3n) is 4.84. The molecule has 0 spiro atoms. The molecule has 8 nitrogen and oxygen atoms in total. The molecule has 154 valence electrons. The zero-order valence-corrected chi connectivity index (χ0v) is 17.2. The Morgan fingerprint density at radius 2 is 1.96 bits per heavy atom. The number of rotatable bonds is 7. The molecule has 2 aliphatic rings. The molecule has 1 N–H and O–H groups in total. The van der Waals surface area contributed by atoms with Gasteiger partial charge in [-0.25, -0.2) is 4.79 Å². The molecule has 2 heterocycles. The van der Waals surface area contributed by atoms with Gasteiger partial charge in [-0.3, -0.25) is 14.5 Å². The Hall–Kier alpha value is -1.97. The molecule has 2 amide bonds. The lowest BCUT2D eigenvalue weighted by atomic mass is 10.1. The summed E-state index contributed by atoms with van der Waals surface area (Å²) in [7, 11) is 1.73. The molecule has 0 radical (unpaired) electrons. The lowest BCUT2D eigenvalue weighted by molar-refractivity contribution is -0.136. The summed E-state index contributed by atoms with van der Waals surface area (Å²) >= 11 is 1.45. The number of fused-ring (bicyclic) bond motifs is 1. The molecule has 0 saturated carbocycles. The van der Waals surface area contributed by atoms with E-state index in [4.69, 9.17) is 9.47 Å². The summed E-state index contributed by atoms with van der Waals surface area (Å²) in [4.78, 5) is 41.7. The van der Waals surface area contributed by atoms with Crippen molar-refractivity contribution in [3.63, 3.8) is 0 Å². The molecular formula is C19H27N3O5S. The molecular weight excluding hydrogens is 382 g/mol. The van der Waals surface area contributed by atoms with Crippen LogP contribution in [0.5, 0.6) is 0 Å². The van der Waals surface area contributed by atoms with E-state index in [-0.39, 0.29) is 30.9 Å². The van der Waals surface area contributed by atoms with Gasteiger partial charge in [-0.15, -0.1) is 11.3 Å². The van der Waals surface area contributed by atoms with E-state index in [9.17, 15) is 14.4 Å². The van der Waals surface area contributed by atoms with Crippen LogP contribution in [0.1, 0.15) is 34.1 Å². The van der Waals surface area contributed by atoms with E-state index in [2.05, 4.69) is 5.32 Å². The number of nitrogens with one attached hydrogen (secondary N) is 1. The molecule has 0 aromatic carbocycles. The van der Waals surface area contributed by atoms with Gasteiger partial charge in [0.25, 0.3) is 0 Å². The van der Waals surface area contributed by atoms with Crippen molar-refractivity contribution >= 4 is 34.1 Å². The first-order chi connectivity index (χ1) is 13.5. The van der Waals surface area contributed by atoms with Crippen molar-refractivity contribution in [2.45, 2.75) is 26.2 Å². The maximum atomic E-state index is 12.5. The van der Waals surface area contributed by atoms with Crippen LogP contribution in [0.4, 0.5) is 5.00 Å². The highest BCUT2D eigenvalue weighted by molar-refractivity contribution is 7.17. The van der Waals surface area contributed by atoms with Crippen LogP contribution in [0.15, 0.2) is 0 Å². The lowest BCUT2D eigenvalue weighted by Gasteiger charge is -2.28. The average Bonchev–Trinajstić information content (AvgIpc) is 3.22. The second kappa shape index (κ2) is 9.49. The van der Waals surface area contributed by atoms with Gasteiger partial charge in [0.2, 0.25) is 11.8 Å². The zero-order chi connectivity index (χ0) is 20.1. The van der Waals surface area contributed by atoms with Gasteiger partial charge in [0, 0.05) is 18.0 Å². The van der Waals surface area contributed by atoms with Crippen molar-refractivity contribution in [3.8, 4) is 0 Å². The Labute approximate surface area is 168 Å². The summed E-state index contributed by atoms with van der Waals surface area (Å²) in [5, 5.41) is 3.41. The Morgan fingerprint density at radius 3 is 2.68 bits per heavy atom. The van der Waals surface area contributed by atoms with E-state index in [1.54, 1.807) is 23.8 Å². The number of morpholine rings is 1. The van der Waals surface area contributed by atoms with Crippen molar-refractivity contribution in [3.05, 3.63) is 16.0 Å². The molecule has 0 atom stereocenters. The smallest absolute Gasteiger partial charge is 0.341 e. The van der Waals surface area contributed by atoms with Crippen LogP contribution in [0.2, 0.25) is 0 Å². The molecule has 0 unspecified atom stereocenters. The number of anilines is 1. The van der Waals surface area contributed by atoms with Gasteiger partial charge in [0.05, 0.1) is 38.5 Å². The minimum absolute atomic E-state index is 0.0130. The summed E-state index contributed by atoms with van der Waals surface area (Å²) in [5.41, 5.74) is 1.51. The van der Waals surface area contributed by atoms with Crippen LogP contribution >= 0.6 is 11.3 Å². The number of carbonyl (C=O) groups is 3. The van der Waals surface area contributed by atoms with Gasteiger partial charge in [-0.2, -0.15) is 0 Å². The summed E-state index contributed by atoms with van der Waals surface area (Å²) in [6.45, 7) is 4.57. The first kappa shape index (κ1) is 20.8. The molecule has 1 saturated heterocycles. The second-order valence-electron chi connectivity index (χ2n) is 7.00. The van der Waals surface area contributed by atoms with Crippen LogP contribution in [-0.2, 0) is 31.9 Å². The van der Waals surface area contributed by atoms with Gasteiger partial charge in [0.15, 0.2) is 0 Å². The summed E-state index contributed by atoms with van der Waals surface area (Å²) in [6, 6.07) is 0. The van der Waals surface area contributed by atoms with Gasteiger partial charge in [0.1, 0.15) is 5.00 Å². The highest BCUT2D eigenvalue weighted by Gasteiger charge is 2.28. The fourth-order valence-corrected chi connectivity index (χ4v) is 4.82. The van der Waals surface area contributed by atoms with Crippen molar-refractivity contribution in [1.82, 2.24) is 9.80 Å². The number of amides is 2. The molecule has 1 aliphatic heterocycles. The van der Waals surface area contributed by atoms with E-state index in [1.807, 2.05) is 0 Å². The first-order valence-corrected chi connectivity index (χ1v) is 10.5. The fourth-order valence-electron chi connectivity index (χ4n) is 3.52. The average molecular weight is 410 g/mol. The number of hydrogen-bond acceptors (Lipinski definition) is 7. The molecule has 1 aromatic heterocycles. The molecule has 0 bridgehead atoms. The summed E-state index contributed by atoms with van der Waals surface area (Å²) in [5.74, 6) is -0.642. The number of likely N-dealkylation sites (N-methyl/N-ethyl adjacent to an activating group) is 1. The molecule has 28 heavy (non-hydrogen) atoms. The van der Waals surface area contributed by atoms with Gasteiger partial charge >= 0.3 is 5.97 Å². The van der Waals surface area contributed by atoms with E-state index < -0.39 is 0 Å². The molecule has 1 aromatic rings. The van der Waals surface area contributed by atoms with Crippen LogP contribution in [0.3, 0.4) is 0 Å². The molecule has 1 aliphatic carbocycles. The van der Waals surface area contributed by atoms with Crippen LogP contribution in [0.25, 0.3) is 0 Å². The monoisotopic (exact) mass is 409 g/mol. The number of nitrogens with zero attached hydrogens (tertiary/aromatic N) is 2. The number of thiophene rings is 1. The minimum Gasteiger partial charge on any atom is -0.462 e. The minimum atomic E-state index is -0.381. The number of aryl methyl sites for hydroxylation is 1. The third-order valence-corrected chi connectivity index (χ3v) is 6.04. The van der Waals surface area contributed by atoms with Gasteiger partial charge in [-0.05, 0) is 38.8 Å². The van der Waals surface area contributed by atoms with E-state index >= 15 is 0 Å². The van der Waals surface area contributed by atoms with Crippen molar-refractivity contribution in [2.24, 2.45) is 0 Å². The number of hydrogen-bond donors (Lipinski definition) is 1. The number of carbonyl (C=O) groups excluding carboxylic acids is 3. The SMILES string of the molecule is CCOC(=O)c1c(NC(=O)CN(C)CC(=O)N2CCOCC2)sc2c1CCC2. The normalized spacial score (nSPS) is 16.2. The largest absolute Gasteiger partial charge is 0.462 e. The van der Waals surface area contributed by atoms with Crippen LogP contribution < -0.4 is 5.32 Å². The predicted octanol–water partition coefficient (Wildman–Crippen LogP) is 1.14. The zero-order valence-electron chi connectivity index (χ0n) is 16.4. The standard InChI is InChI=1S/C19H27N3O5S/c1-3-27-19(25)17-13-5-4-6-14(13)28-18(17)20-15(23)11-21(2)12-16(24)22-7-9-26-10-8-22/h3-12H2,1-2H3,(H,20,23). The van der Waals surface area contributed by atoms with Gasteiger partial charge in [-0.1, -0.05) is 0 Å². The third kappa shape index (κ3) is 4.89. The van der Waals surface area contributed by atoms with Gasteiger partial charge < -0.3 is 19.7 Å². The van der Waals surface area contributed by atoms with Crippen LogP contribution in [0, 0.1) is 0 Å². The fraction of sp³-hybridized carbons (Fsp3) is 0.632.